The zero-order chi connectivity index (χ0) is 12.3. The van der Waals surface area contributed by atoms with E-state index in [0.29, 0.717) is 0 Å². The van der Waals surface area contributed by atoms with Gasteiger partial charge in [-0.1, -0.05) is 0 Å². The Morgan fingerprint density at radius 3 is 2.76 bits per heavy atom. The zero-order valence-electron chi connectivity index (χ0n) is 10.2. The lowest BCUT2D eigenvalue weighted by molar-refractivity contribution is 0.243. The Balaban J connectivity index is 1.96. The first kappa shape index (κ1) is 12.3. The lowest BCUT2D eigenvalue weighted by Gasteiger charge is -2.27. The summed E-state index contributed by atoms with van der Waals surface area (Å²) in [6.07, 6.45) is 0.861. The maximum absolute atomic E-state index is 13.1. The second-order valence-electron chi connectivity index (χ2n) is 4.57. The number of nitrogens with one attached hydrogen (secondary N) is 1. The third kappa shape index (κ3) is 3.17. The van der Waals surface area contributed by atoms with Gasteiger partial charge in [0.05, 0.1) is 0 Å². The third-order valence-electron chi connectivity index (χ3n) is 3.31. The van der Waals surface area contributed by atoms with Crippen molar-refractivity contribution >= 4 is 0 Å². The average molecular weight is 238 g/mol. The maximum Gasteiger partial charge on any atom is 0.165 e. The second kappa shape index (κ2) is 5.47. The number of piperazine rings is 1. The lowest BCUT2D eigenvalue weighted by atomic mass is 10.0. The van der Waals surface area contributed by atoms with Gasteiger partial charge in [-0.2, -0.15) is 0 Å². The number of halogens is 1. The van der Waals surface area contributed by atoms with Gasteiger partial charge in [-0.3, -0.25) is 0 Å². The fraction of sp³-hybridized carbons (Fsp3) is 0.538. The molecule has 4 heteroatoms. The SMILES string of the molecule is Cc1cc(F)c(O)cc1CCN1CCNCC1. The van der Waals surface area contributed by atoms with Crippen LogP contribution in [0.15, 0.2) is 12.1 Å². The van der Waals surface area contributed by atoms with Gasteiger partial charge >= 0.3 is 0 Å². The van der Waals surface area contributed by atoms with Crippen molar-refractivity contribution in [2.24, 2.45) is 0 Å². The van der Waals surface area contributed by atoms with Crippen LogP contribution in [0.3, 0.4) is 0 Å². The second-order valence-corrected chi connectivity index (χ2v) is 4.57. The molecule has 17 heavy (non-hydrogen) atoms. The topological polar surface area (TPSA) is 35.5 Å². The van der Waals surface area contributed by atoms with Crippen LogP contribution in [-0.2, 0) is 6.42 Å². The molecule has 1 aromatic rings. The molecule has 0 aromatic heterocycles. The number of aryl methyl sites for hydroxylation is 1. The molecule has 3 nitrogen and oxygen atoms in total. The van der Waals surface area contributed by atoms with Crippen LogP contribution in [0.4, 0.5) is 4.39 Å². The van der Waals surface area contributed by atoms with Crippen LogP contribution in [-0.4, -0.2) is 42.7 Å². The van der Waals surface area contributed by atoms with E-state index in [0.717, 1.165) is 50.3 Å². The van der Waals surface area contributed by atoms with Crippen molar-refractivity contribution in [2.45, 2.75) is 13.3 Å². The van der Waals surface area contributed by atoms with Crippen LogP contribution in [0.2, 0.25) is 0 Å². The van der Waals surface area contributed by atoms with E-state index in [9.17, 15) is 9.50 Å². The molecule has 0 bridgehead atoms. The number of rotatable bonds is 3. The molecule has 0 unspecified atom stereocenters. The van der Waals surface area contributed by atoms with Crippen molar-refractivity contribution in [3.05, 3.63) is 29.1 Å². The van der Waals surface area contributed by atoms with Gasteiger partial charge in [-0.25, -0.2) is 4.39 Å². The summed E-state index contributed by atoms with van der Waals surface area (Å²) in [5, 5.41) is 12.7. The van der Waals surface area contributed by atoms with Gasteiger partial charge in [-0.05, 0) is 36.6 Å². The van der Waals surface area contributed by atoms with Crippen LogP contribution in [0.1, 0.15) is 11.1 Å². The molecule has 0 aliphatic carbocycles. The summed E-state index contributed by atoms with van der Waals surface area (Å²) in [5.41, 5.74) is 1.94. The molecule has 1 fully saturated rings. The predicted molar refractivity (Wildman–Crippen MR) is 65.8 cm³/mol. The van der Waals surface area contributed by atoms with Crippen molar-refractivity contribution < 1.29 is 9.50 Å². The Bertz CT molecular complexity index is 389. The van der Waals surface area contributed by atoms with Crippen LogP contribution in [0, 0.1) is 12.7 Å². The summed E-state index contributed by atoms with van der Waals surface area (Å²) in [7, 11) is 0. The Morgan fingerprint density at radius 1 is 1.35 bits per heavy atom. The number of aromatic hydroxyl groups is 1. The highest BCUT2D eigenvalue weighted by molar-refractivity contribution is 5.35. The van der Waals surface area contributed by atoms with Crippen LogP contribution < -0.4 is 5.32 Å². The molecule has 0 radical (unpaired) electrons. The predicted octanol–water partition coefficient (Wildman–Crippen LogP) is 1.29. The standard InChI is InChI=1S/C13H19FN2O/c1-10-8-12(14)13(17)9-11(10)2-5-16-6-3-15-4-7-16/h8-9,15,17H,2-7H2,1H3. The zero-order valence-corrected chi connectivity index (χ0v) is 10.2. The van der Waals surface area contributed by atoms with Crippen LogP contribution in [0.25, 0.3) is 0 Å². The molecular formula is C13H19FN2O. The van der Waals surface area contributed by atoms with Gasteiger partial charge < -0.3 is 15.3 Å². The van der Waals surface area contributed by atoms with E-state index in [1.165, 1.54) is 6.07 Å². The minimum absolute atomic E-state index is 0.245. The number of phenols is 1. The minimum Gasteiger partial charge on any atom is -0.505 e. The van der Waals surface area contributed by atoms with Gasteiger partial charge in [0.1, 0.15) is 0 Å². The quantitative estimate of drug-likeness (QED) is 0.833. The van der Waals surface area contributed by atoms with E-state index in [1.54, 1.807) is 6.07 Å². The summed E-state index contributed by atoms with van der Waals surface area (Å²) in [4.78, 5) is 2.39. The highest BCUT2D eigenvalue weighted by Crippen LogP contribution is 2.21. The third-order valence-corrected chi connectivity index (χ3v) is 3.31. The van der Waals surface area contributed by atoms with Crippen LogP contribution >= 0.6 is 0 Å². The molecule has 1 heterocycles. The lowest BCUT2D eigenvalue weighted by Crippen LogP contribution is -2.44. The minimum atomic E-state index is -0.534. The fourth-order valence-electron chi connectivity index (χ4n) is 2.19. The average Bonchev–Trinajstić information content (AvgIpc) is 2.33. The summed E-state index contributed by atoms with van der Waals surface area (Å²) in [6, 6.07) is 2.95. The molecular weight excluding hydrogens is 219 g/mol. The molecule has 0 atom stereocenters. The molecule has 1 aliphatic rings. The Hall–Kier alpha value is -1.13. The van der Waals surface area contributed by atoms with Crippen molar-refractivity contribution in [1.29, 1.82) is 0 Å². The number of hydrogen-bond acceptors (Lipinski definition) is 3. The number of benzene rings is 1. The Morgan fingerprint density at radius 2 is 2.06 bits per heavy atom. The van der Waals surface area contributed by atoms with Crippen molar-refractivity contribution in [1.82, 2.24) is 10.2 Å². The normalized spacial score (nSPS) is 17.3. The highest BCUT2D eigenvalue weighted by atomic mass is 19.1. The Kier molecular flexibility index (Phi) is 3.97. The molecule has 94 valence electrons. The molecule has 1 aliphatic heterocycles. The van der Waals surface area contributed by atoms with Gasteiger partial charge in [0.2, 0.25) is 0 Å². The molecule has 2 rings (SSSR count). The van der Waals surface area contributed by atoms with Gasteiger partial charge in [0.15, 0.2) is 11.6 Å². The van der Waals surface area contributed by atoms with E-state index in [-0.39, 0.29) is 5.75 Å². The summed E-state index contributed by atoms with van der Waals surface area (Å²) >= 11 is 0. The number of nitrogens with zero attached hydrogens (tertiary/aromatic N) is 1. The molecule has 0 spiro atoms. The molecule has 2 N–H and O–H groups in total. The smallest absolute Gasteiger partial charge is 0.165 e. The summed E-state index contributed by atoms with van der Waals surface area (Å²) in [5.74, 6) is -0.778. The van der Waals surface area contributed by atoms with Crippen LogP contribution in [0.5, 0.6) is 5.75 Å². The van der Waals surface area contributed by atoms with Gasteiger partial charge in [0, 0.05) is 32.7 Å². The van der Waals surface area contributed by atoms with E-state index < -0.39 is 5.82 Å². The first-order valence-electron chi connectivity index (χ1n) is 6.08. The summed E-state index contributed by atoms with van der Waals surface area (Å²) < 4.78 is 13.1. The Labute approximate surface area is 101 Å². The first-order chi connectivity index (χ1) is 8.16. The monoisotopic (exact) mass is 238 g/mol. The molecule has 1 aromatic carbocycles. The first-order valence-corrected chi connectivity index (χ1v) is 6.08. The van der Waals surface area contributed by atoms with E-state index >= 15 is 0 Å². The van der Waals surface area contributed by atoms with E-state index in [4.69, 9.17) is 0 Å². The molecule has 0 amide bonds. The maximum atomic E-state index is 13.1. The van der Waals surface area contributed by atoms with E-state index in [1.807, 2.05) is 6.92 Å². The van der Waals surface area contributed by atoms with Crippen molar-refractivity contribution in [3.63, 3.8) is 0 Å². The van der Waals surface area contributed by atoms with E-state index in [2.05, 4.69) is 10.2 Å². The highest BCUT2D eigenvalue weighted by Gasteiger charge is 2.11. The van der Waals surface area contributed by atoms with Gasteiger partial charge in [-0.15, -0.1) is 0 Å². The van der Waals surface area contributed by atoms with Gasteiger partial charge in [0.25, 0.3) is 0 Å². The van der Waals surface area contributed by atoms with Crippen molar-refractivity contribution in [2.75, 3.05) is 32.7 Å². The number of hydrogen-bond donors (Lipinski definition) is 2. The largest absolute Gasteiger partial charge is 0.505 e. The fourth-order valence-corrected chi connectivity index (χ4v) is 2.19. The van der Waals surface area contributed by atoms with Crippen molar-refractivity contribution in [3.8, 4) is 5.75 Å². The molecule has 1 saturated heterocycles. The molecule has 0 saturated carbocycles. The summed E-state index contributed by atoms with van der Waals surface area (Å²) in [6.45, 7) is 7.04. The number of phenolic OH excluding ortho intramolecular Hbond substituents is 1.